The number of alkyl halides is 3. The van der Waals surface area contributed by atoms with Gasteiger partial charge in [-0.1, -0.05) is 5.16 Å². The van der Waals surface area contributed by atoms with E-state index in [1.54, 1.807) is 7.05 Å². The SMILES string of the molecule is CON(C)C(C)CNC(=O)c1ccc(-c2noc(C(F)(F)F)n2)c(F)c1. The van der Waals surface area contributed by atoms with Gasteiger partial charge in [-0.2, -0.15) is 23.2 Å². The van der Waals surface area contributed by atoms with Crippen molar-refractivity contribution in [1.82, 2.24) is 20.5 Å². The fourth-order valence-electron chi connectivity index (χ4n) is 1.94. The van der Waals surface area contributed by atoms with Crippen LogP contribution >= 0.6 is 0 Å². The predicted octanol–water partition coefficient (Wildman–Crippen LogP) is 2.51. The zero-order chi connectivity index (χ0) is 19.5. The largest absolute Gasteiger partial charge is 0.471 e. The van der Waals surface area contributed by atoms with Crippen LogP contribution in [0, 0.1) is 5.82 Å². The Kier molecular flexibility index (Phi) is 5.93. The summed E-state index contributed by atoms with van der Waals surface area (Å²) < 4.78 is 55.6. The second-order valence-corrected chi connectivity index (χ2v) is 5.40. The molecule has 0 radical (unpaired) electrons. The number of hydroxylamine groups is 2. The Labute approximate surface area is 145 Å². The normalized spacial score (nSPS) is 13.1. The maximum Gasteiger partial charge on any atom is 0.471 e. The van der Waals surface area contributed by atoms with Gasteiger partial charge in [0.05, 0.1) is 12.7 Å². The van der Waals surface area contributed by atoms with Crippen LogP contribution in [0.2, 0.25) is 0 Å². The molecule has 7 nitrogen and oxygen atoms in total. The fourth-order valence-corrected chi connectivity index (χ4v) is 1.94. The standard InChI is InChI=1S/C15H16F4N4O3/c1-8(23(2)25-3)7-20-13(24)9-4-5-10(11(16)6-9)12-21-14(26-22-12)15(17,18)19/h4-6,8H,7H2,1-3H3,(H,20,24). The van der Waals surface area contributed by atoms with E-state index in [-0.39, 0.29) is 23.7 Å². The molecule has 0 saturated heterocycles. The molecule has 1 unspecified atom stereocenters. The summed E-state index contributed by atoms with van der Waals surface area (Å²) in [6, 6.07) is 3.12. The molecule has 1 atom stereocenters. The van der Waals surface area contributed by atoms with E-state index >= 15 is 0 Å². The van der Waals surface area contributed by atoms with Crippen molar-refractivity contribution in [1.29, 1.82) is 0 Å². The second kappa shape index (κ2) is 7.79. The van der Waals surface area contributed by atoms with Crippen LogP contribution in [0.1, 0.15) is 23.2 Å². The van der Waals surface area contributed by atoms with Crippen molar-refractivity contribution in [2.24, 2.45) is 0 Å². The molecule has 0 fully saturated rings. The van der Waals surface area contributed by atoms with Crippen molar-refractivity contribution in [3.8, 4) is 11.4 Å². The predicted molar refractivity (Wildman–Crippen MR) is 81.3 cm³/mol. The summed E-state index contributed by atoms with van der Waals surface area (Å²) in [4.78, 5) is 20.2. The molecule has 1 amide bonds. The van der Waals surface area contributed by atoms with Gasteiger partial charge in [0.15, 0.2) is 0 Å². The van der Waals surface area contributed by atoms with E-state index in [2.05, 4.69) is 20.0 Å². The molecule has 1 N–H and O–H groups in total. The molecule has 142 valence electrons. The molecule has 2 aromatic rings. The quantitative estimate of drug-likeness (QED) is 0.616. The third-order valence-electron chi connectivity index (χ3n) is 3.61. The van der Waals surface area contributed by atoms with Crippen LogP contribution in [-0.2, 0) is 11.0 Å². The molecular formula is C15H16F4N4O3. The number of carbonyl (C=O) groups is 1. The molecule has 1 aromatic carbocycles. The highest BCUT2D eigenvalue weighted by Crippen LogP contribution is 2.30. The maximum absolute atomic E-state index is 14.2. The van der Waals surface area contributed by atoms with Crippen LogP contribution in [0.5, 0.6) is 0 Å². The summed E-state index contributed by atoms with van der Waals surface area (Å²) >= 11 is 0. The Morgan fingerprint density at radius 3 is 2.65 bits per heavy atom. The summed E-state index contributed by atoms with van der Waals surface area (Å²) in [5.74, 6) is -3.63. The van der Waals surface area contributed by atoms with Crippen LogP contribution in [0.25, 0.3) is 11.4 Å². The van der Waals surface area contributed by atoms with Gasteiger partial charge in [-0.15, -0.1) is 0 Å². The first-order valence-electron chi connectivity index (χ1n) is 7.39. The van der Waals surface area contributed by atoms with Gasteiger partial charge in [0.2, 0.25) is 5.82 Å². The lowest BCUT2D eigenvalue weighted by atomic mass is 10.1. The Balaban J connectivity index is 2.12. The van der Waals surface area contributed by atoms with Crippen molar-refractivity contribution < 1.29 is 31.7 Å². The Hall–Kier alpha value is -2.53. The van der Waals surface area contributed by atoms with E-state index in [1.807, 2.05) is 6.92 Å². The third-order valence-corrected chi connectivity index (χ3v) is 3.61. The molecule has 0 bridgehead atoms. The number of rotatable bonds is 6. The number of carbonyl (C=O) groups excluding carboxylic acids is 1. The molecule has 1 heterocycles. The van der Waals surface area contributed by atoms with Crippen molar-refractivity contribution in [3.05, 3.63) is 35.5 Å². The van der Waals surface area contributed by atoms with Gasteiger partial charge in [0, 0.05) is 25.2 Å². The lowest BCUT2D eigenvalue weighted by Gasteiger charge is -2.22. The van der Waals surface area contributed by atoms with Gasteiger partial charge in [-0.3, -0.25) is 4.79 Å². The first-order chi connectivity index (χ1) is 12.1. The Bertz CT molecular complexity index is 778. The average Bonchev–Trinajstić information content (AvgIpc) is 3.08. The molecule has 11 heteroatoms. The summed E-state index contributed by atoms with van der Waals surface area (Å²) in [6.45, 7) is 2.05. The molecule has 0 aliphatic carbocycles. The zero-order valence-electron chi connectivity index (χ0n) is 14.1. The molecule has 26 heavy (non-hydrogen) atoms. The molecule has 0 aliphatic rings. The molecule has 2 rings (SSSR count). The minimum absolute atomic E-state index is 0.00180. The summed E-state index contributed by atoms with van der Waals surface area (Å²) in [5.41, 5.74) is -0.314. The molecule has 0 aliphatic heterocycles. The third kappa shape index (κ3) is 4.55. The first kappa shape index (κ1) is 19.8. The number of nitrogens with zero attached hydrogens (tertiary/aromatic N) is 3. The number of likely N-dealkylation sites (N-methyl/N-ethyl adjacent to an activating group) is 1. The minimum Gasteiger partial charge on any atom is -0.350 e. The lowest BCUT2D eigenvalue weighted by molar-refractivity contribution is -0.159. The number of aromatic nitrogens is 2. The highest BCUT2D eigenvalue weighted by Gasteiger charge is 2.38. The van der Waals surface area contributed by atoms with Crippen LogP contribution < -0.4 is 5.32 Å². The highest BCUT2D eigenvalue weighted by atomic mass is 19.4. The average molecular weight is 376 g/mol. The van der Waals surface area contributed by atoms with Crippen molar-refractivity contribution in [2.75, 3.05) is 20.7 Å². The Morgan fingerprint density at radius 1 is 1.42 bits per heavy atom. The van der Waals surface area contributed by atoms with Gasteiger partial charge < -0.3 is 14.7 Å². The number of amides is 1. The number of halogens is 4. The fraction of sp³-hybridized carbons (Fsp3) is 0.400. The smallest absolute Gasteiger partial charge is 0.350 e. The van der Waals surface area contributed by atoms with Gasteiger partial charge in [-0.05, 0) is 25.1 Å². The van der Waals surface area contributed by atoms with Gasteiger partial charge in [0.25, 0.3) is 5.91 Å². The lowest BCUT2D eigenvalue weighted by Crippen LogP contribution is -2.39. The van der Waals surface area contributed by atoms with Crippen LogP contribution in [-0.4, -0.2) is 47.9 Å². The second-order valence-electron chi connectivity index (χ2n) is 5.40. The van der Waals surface area contributed by atoms with Crippen molar-refractivity contribution in [2.45, 2.75) is 19.1 Å². The molecule has 1 aromatic heterocycles. The summed E-state index contributed by atoms with van der Waals surface area (Å²) in [7, 11) is 3.17. The summed E-state index contributed by atoms with van der Waals surface area (Å²) in [5, 5.41) is 7.24. The van der Waals surface area contributed by atoms with E-state index in [0.717, 1.165) is 12.1 Å². The maximum atomic E-state index is 14.2. The van der Waals surface area contributed by atoms with Gasteiger partial charge >= 0.3 is 12.1 Å². The number of hydrogen-bond donors (Lipinski definition) is 1. The van der Waals surface area contributed by atoms with Crippen LogP contribution in [0.3, 0.4) is 0 Å². The topological polar surface area (TPSA) is 80.5 Å². The van der Waals surface area contributed by atoms with Crippen LogP contribution in [0.15, 0.2) is 22.7 Å². The van der Waals surface area contributed by atoms with E-state index in [0.29, 0.717) is 0 Å². The zero-order valence-corrected chi connectivity index (χ0v) is 14.1. The number of hydrogen-bond acceptors (Lipinski definition) is 6. The van der Waals surface area contributed by atoms with E-state index in [4.69, 9.17) is 4.84 Å². The van der Waals surface area contributed by atoms with E-state index in [1.165, 1.54) is 18.2 Å². The van der Waals surface area contributed by atoms with E-state index < -0.39 is 29.6 Å². The Morgan fingerprint density at radius 2 is 2.12 bits per heavy atom. The number of benzene rings is 1. The van der Waals surface area contributed by atoms with Gasteiger partial charge in [-0.25, -0.2) is 4.39 Å². The van der Waals surface area contributed by atoms with E-state index in [9.17, 15) is 22.4 Å². The highest BCUT2D eigenvalue weighted by molar-refractivity contribution is 5.94. The molecule has 0 spiro atoms. The first-order valence-corrected chi connectivity index (χ1v) is 7.39. The minimum atomic E-state index is -4.83. The molecular weight excluding hydrogens is 360 g/mol. The van der Waals surface area contributed by atoms with Crippen molar-refractivity contribution in [3.63, 3.8) is 0 Å². The summed E-state index contributed by atoms with van der Waals surface area (Å²) in [6.07, 6.45) is -4.83. The van der Waals surface area contributed by atoms with Gasteiger partial charge in [0.1, 0.15) is 5.82 Å². The molecule has 0 saturated carbocycles. The monoisotopic (exact) mass is 376 g/mol. The number of nitrogens with one attached hydrogen (secondary N) is 1. The van der Waals surface area contributed by atoms with Crippen LogP contribution in [0.4, 0.5) is 17.6 Å². The van der Waals surface area contributed by atoms with Crippen molar-refractivity contribution >= 4 is 5.91 Å².